The molecule has 1 aromatic heterocycles. The largest absolute Gasteiger partial charge is 0.441 e. The molecule has 2 aromatic carbocycles. The van der Waals surface area contributed by atoms with Gasteiger partial charge in [0, 0.05) is 34.9 Å². The highest BCUT2D eigenvalue weighted by Crippen LogP contribution is 2.34. The third kappa shape index (κ3) is 4.76. The molecule has 196 valence electrons. The molecule has 0 aliphatic carbocycles. The van der Waals surface area contributed by atoms with E-state index in [0.29, 0.717) is 36.2 Å². The van der Waals surface area contributed by atoms with Gasteiger partial charge in [0.15, 0.2) is 0 Å². The molecule has 2 saturated heterocycles. The van der Waals surface area contributed by atoms with Crippen molar-refractivity contribution in [3.63, 3.8) is 0 Å². The average molecular weight is 531 g/mol. The van der Waals surface area contributed by atoms with E-state index in [0.717, 1.165) is 66.3 Å². The van der Waals surface area contributed by atoms with E-state index in [1.54, 1.807) is 4.90 Å². The number of rotatable bonds is 5. The summed E-state index contributed by atoms with van der Waals surface area (Å²) in [6.45, 7) is 9.02. The van der Waals surface area contributed by atoms with E-state index in [1.807, 2.05) is 37.3 Å². The number of aromatic nitrogens is 1. The molecule has 0 radical (unpaired) electrons. The van der Waals surface area contributed by atoms with Crippen LogP contribution < -0.4 is 5.32 Å². The molecule has 2 fully saturated rings. The number of nitrogens with one attached hydrogen (secondary N) is 1. The number of hydrogen-bond acceptors (Lipinski definition) is 5. The molecule has 1 N–H and O–H groups in total. The first-order valence-electron chi connectivity index (χ1n) is 13.2. The van der Waals surface area contributed by atoms with Gasteiger partial charge in [-0.25, -0.2) is 4.98 Å². The maximum atomic E-state index is 13.1. The third-order valence-electron chi connectivity index (χ3n) is 8.08. The molecular formula is C30H31ClN4O3. The molecule has 3 aliphatic rings. The molecule has 2 amide bonds. The molecule has 0 bridgehead atoms. The zero-order valence-electron chi connectivity index (χ0n) is 21.5. The van der Waals surface area contributed by atoms with Crippen molar-refractivity contribution in [2.75, 3.05) is 13.1 Å². The summed E-state index contributed by atoms with van der Waals surface area (Å²) >= 11 is 6.01. The summed E-state index contributed by atoms with van der Waals surface area (Å²) in [5.41, 5.74) is 5.65. The SMILES string of the molecule is C=C1CCC(N2Cc3cc(C4CCN(Cc5nc(-c6ccc(Cl)cc6)oc5C)CC4)ccc3C2=O)C(=O)N1. The zero-order valence-corrected chi connectivity index (χ0v) is 22.3. The van der Waals surface area contributed by atoms with Crippen LogP contribution in [0.25, 0.3) is 11.5 Å². The van der Waals surface area contributed by atoms with Crippen LogP contribution in [0.4, 0.5) is 0 Å². The van der Waals surface area contributed by atoms with Crippen molar-refractivity contribution in [2.24, 2.45) is 0 Å². The Bertz CT molecular complexity index is 1410. The summed E-state index contributed by atoms with van der Waals surface area (Å²) in [5, 5.41) is 3.50. The molecule has 8 heteroatoms. The smallest absolute Gasteiger partial charge is 0.255 e. The van der Waals surface area contributed by atoms with Gasteiger partial charge in [0.05, 0.1) is 5.69 Å². The Balaban J connectivity index is 1.08. The van der Waals surface area contributed by atoms with Gasteiger partial charge in [-0.3, -0.25) is 14.5 Å². The fraction of sp³-hybridized carbons (Fsp3) is 0.367. The van der Waals surface area contributed by atoms with Crippen LogP contribution in [0.1, 0.15) is 64.5 Å². The van der Waals surface area contributed by atoms with Crippen molar-refractivity contribution >= 4 is 23.4 Å². The molecule has 6 rings (SSSR count). The van der Waals surface area contributed by atoms with Crippen LogP contribution in [-0.4, -0.2) is 45.7 Å². The fourth-order valence-corrected chi connectivity index (χ4v) is 5.98. The summed E-state index contributed by atoms with van der Waals surface area (Å²) in [4.78, 5) is 34.5. The number of aryl methyl sites for hydroxylation is 1. The number of nitrogens with zero attached hydrogens (tertiary/aromatic N) is 3. The van der Waals surface area contributed by atoms with E-state index < -0.39 is 6.04 Å². The van der Waals surface area contributed by atoms with Crippen LogP contribution in [0.2, 0.25) is 5.02 Å². The minimum atomic E-state index is -0.424. The number of oxazole rings is 1. The second-order valence-electron chi connectivity index (χ2n) is 10.6. The lowest BCUT2D eigenvalue weighted by molar-refractivity contribution is -0.126. The van der Waals surface area contributed by atoms with Crippen molar-refractivity contribution in [3.05, 3.63) is 87.9 Å². The number of halogens is 1. The summed E-state index contributed by atoms with van der Waals surface area (Å²) in [6, 6.07) is 13.4. The van der Waals surface area contributed by atoms with Crippen molar-refractivity contribution in [1.29, 1.82) is 0 Å². The minimum Gasteiger partial charge on any atom is -0.441 e. The number of allylic oxidation sites excluding steroid dienone is 1. The number of carbonyl (C=O) groups is 2. The van der Waals surface area contributed by atoms with Gasteiger partial charge in [-0.1, -0.05) is 30.3 Å². The van der Waals surface area contributed by atoms with E-state index in [-0.39, 0.29) is 11.8 Å². The van der Waals surface area contributed by atoms with Crippen molar-refractivity contribution < 1.29 is 14.0 Å². The van der Waals surface area contributed by atoms with E-state index >= 15 is 0 Å². The molecule has 3 aromatic rings. The topological polar surface area (TPSA) is 78.7 Å². The van der Waals surface area contributed by atoms with Crippen molar-refractivity contribution in [3.8, 4) is 11.5 Å². The number of fused-ring (bicyclic) bond motifs is 1. The van der Waals surface area contributed by atoms with Crippen LogP contribution in [0.3, 0.4) is 0 Å². The summed E-state index contributed by atoms with van der Waals surface area (Å²) < 4.78 is 5.95. The predicted molar refractivity (Wildman–Crippen MR) is 146 cm³/mol. The van der Waals surface area contributed by atoms with E-state index in [1.165, 1.54) is 5.56 Å². The molecule has 1 atom stereocenters. The minimum absolute atomic E-state index is 0.0463. The molecule has 0 saturated carbocycles. The normalized spacial score (nSPS) is 20.6. The highest BCUT2D eigenvalue weighted by atomic mass is 35.5. The van der Waals surface area contributed by atoms with Gasteiger partial charge in [-0.15, -0.1) is 0 Å². The van der Waals surface area contributed by atoms with E-state index in [2.05, 4.69) is 28.9 Å². The van der Waals surface area contributed by atoms with E-state index in [4.69, 9.17) is 21.0 Å². The number of benzene rings is 2. The standard InChI is InChI=1S/C30H31ClN4O3/c1-18-3-10-27(28(36)32-18)35-16-23-15-22(6-9-25(23)30(35)37)20-11-13-34(14-12-20)17-26-19(2)38-29(33-26)21-4-7-24(31)8-5-21/h4-9,15,20,27H,1,3,10-14,16-17H2,2H3,(H,32,36). The van der Waals surface area contributed by atoms with E-state index in [9.17, 15) is 9.59 Å². The first-order valence-corrected chi connectivity index (χ1v) is 13.6. The quantitative estimate of drug-likeness (QED) is 0.476. The Morgan fingerprint density at radius 3 is 2.61 bits per heavy atom. The fourth-order valence-electron chi connectivity index (χ4n) is 5.86. The molecule has 0 spiro atoms. The first kappa shape index (κ1) is 24.9. The van der Waals surface area contributed by atoms with Gasteiger partial charge in [-0.05, 0) is 93.1 Å². The Labute approximate surface area is 227 Å². The van der Waals surface area contributed by atoms with Crippen molar-refractivity contribution in [2.45, 2.75) is 57.7 Å². The number of piperidine rings is 2. The lowest BCUT2D eigenvalue weighted by Gasteiger charge is -2.32. The zero-order chi connectivity index (χ0) is 26.4. The Kier molecular flexibility index (Phi) is 6.58. The monoisotopic (exact) mass is 530 g/mol. The molecule has 1 unspecified atom stereocenters. The Hall–Kier alpha value is -3.42. The van der Waals surface area contributed by atoms with Gasteiger partial charge in [-0.2, -0.15) is 0 Å². The van der Waals surface area contributed by atoms with Gasteiger partial charge in [0.1, 0.15) is 11.8 Å². The van der Waals surface area contributed by atoms with Crippen LogP contribution in [0.15, 0.2) is 59.2 Å². The average Bonchev–Trinajstić information content (AvgIpc) is 3.44. The lowest BCUT2D eigenvalue weighted by Crippen LogP contribution is -2.49. The predicted octanol–water partition coefficient (Wildman–Crippen LogP) is 5.43. The highest BCUT2D eigenvalue weighted by Gasteiger charge is 2.38. The number of likely N-dealkylation sites (tertiary alicyclic amines) is 1. The van der Waals surface area contributed by atoms with Gasteiger partial charge in [0.25, 0.3) is 5.91 Å². The second kappa shape index (κ2) is 10.0. The van der Waals surface area contributed by atoms with Crippen LogP contribution in [0, 0.1) is 6.92 Å². The van der Waals surface area contributed by atoms with Crippen LogP contribution in [0.5, 0.6) is 0 Å². The number of amides is 2. The maximum Gasteiger partial charge on any atom is 0.255 e. The second-order valence-corrected chi connectivity index (χ2v) is 11.0. The van der Waals surface area contributed by atoms with Gasteiger partial charge in [0.2, 0.25) is 11.8 Å². The number of carbonyl (C=O) groups excluding carboxylic acids is 2. The molecule has 7 nitrogen and oxygen atoms in total. The maximum absolute atomic E-state index is 13.1. The summed E-state index contributed by atoms with van der Waals surface area (Å²) in [6.07, 6.45) is 3.42. The van der Waals surface area contributed by atoms with Crippen LogP contribution >= 0.6 is 11.6 Å². The Morgan fingerprint density at radius 1 is 1.11 bits per heavy atom. The summed E-state index contributed by atoms with van der Waals surface area (Å²) in [7, 11) is 0. The van der Waals surface area contributed by atoms with Crippen LogP contribution in [-0.2, 0) is 17.9 Å². The van der Waals surface area contributed by atoms with Gasteiger partial charge >= 0.3 is 0 Å². The molecule has 38 heavy (non-hydrogen) atoms. The molecule has 4 heterocycles. The highest BCUT2D eigenvalue weighted by molar-refractivity contribution is 6.30. The van der Waals surface area contributed by atoms with Crippen molar-refractivity contribution in [1.82, 2.24) is 20.1 Å². The molecular weight excluding hydrogens is 500 g/mol. The summed E-state index contributed by atoms with van der Waals surface area (Å²) in [5.74, 6) is 1.75. The first-order chi connectivity index (χ1) is 18.4. The third-order valence-corrected chi connectivity index (χ3v) is 8.33. The lowest BCUT2D eigenvalue weighted by atomic mass is 9.88. The number of hydrogen-bond donors (Lipinski definition) is 1. The Morgan fingerprint density at radius 2 is 1.87 bits per heavy atom. The molecule has 3 aliphatic heterocycles. The van der Waals surface area contributed by atoms with Gasteiger partial charge < -0.3 is 14.6 Å².